The van der Waals surface area contributed by atoms with E-state index in [0.717, 1.165) is 21.4 Å². The minimum atomic E-state index is -0.175. The molecular weight excluding hydrogens is 406 g/mol. The second-order valence-electron chi connectivity index (χ2n) is 5.72. The van der Waals surface area contributed by atoms with Gasteiger partial charge in [-0.15, -0.1) is 0 Å². The number of hydrogen-bond donors (Lipinski definition) is 1. The van der Waals surface area contributed by atoms with Gasteiger partial charge in [0.2, 0.25) is 5.91 Å². The van der Waals surface area contributed by atoms with Gasteiger partial charge < -0.3 is 5.32 Å². The number of anilines is 1. The number of rotatable bonds is 5. The van der Waals surface area contributed by atoms with Gasteiger partial charge in [-0.05, 0) is 47.5 Å². The van der Waals surface area contributed by atoms with Crippen molar-refractivity contribution in [3.63, 3.8) is 0 Å². The van der Waals surface area contributed by atoms with E-state index in [9.17, 15) is 4.79 Å². The van der Waals surface area contributed by atoms with Crippen molar-refractivity contribution < 1.29 is 4.79 Å². The van der Waals surface area contributed by atoms with Crippen LogP contribution in [0.15, 0.2) is 41.0 Å². The lowest BCUT2D eigenvalue weighted by atomic mass is 10.2. The number of benzene rings is 1. The molecule has 3 rings (SSSR count). The van der Waals surface area contributed by atoms with Crippen molar-refractivity contribution in [3.8, 4) is 0 Å². The van der Waals surface area contributed by atoms with Gasteiger partial charge in [0.05, 0.1) is 22.4 Å². The maximum absolute atomic E-state index is 12.2. The maximum atomic E-state index is 12.2. The Hall–Kier alpha value is -2.12. The van der Waals surface area contributed by atoms with Crippen molar-refractivity contribution in [2.75, 3.05) is 5.32 Å². The summed E-state index contributed by atoms with van der Waals surface area (Å²) in [6, 6.07) is 9.36. The van der Waals surface area contributed by atoms with Crippen LogP contribution in [0.5, 0.6) is 0 Å². The lowest BCUT2D eigenvalue weighted by Crippen LogP contribution is -2.20. The average molecular weight is 423 g/mol. The third-order valence-electron chi connectivity index (χ3n) is 3.73. The molecule has 6 nitrogen and oxygen atoms in total. The van der Waals surface area contributed by atoms with Crippen molar-refractivity contribution in [2.24, 2.45) is 0 Å². The predicted molar refractivity (Wildman–Crippen MR) is 101 cm³/mol. The van der Waals surface area contributed by atoms with E-state index in [4.69, 9.17) is 11.6 Å². The zero-order valence-corrected chi connectivity index (χ0v) is 16.2. The minimum Gasteiger partial charge on any atom is -0.308 e. The number of nitrogens with one attached hydrogen (secondary N) is 1. The van der Waals surface area contributed by atoms with Crippen LogP contribution in [0.1, 0.15) is 17.0 Å². The first-order valence-electron chi connectivity index (χ1n) is 7.69. The number of amides is 1. The fraction of sp³-hybridized carbons (Fsp3) is 0.235. The molecule has 0 saturated heterocycles. The van der Waals surface area contributed by atoms with Crippen LogP contribution < -0.4 is 5.32 Å². The van der Waals surface area contributed by atoms with Gasteiger partial charge in [0.1, 0.15) is 6.54 Å². The SMILES string of the molecule is Cc1nn(CC(=O)Nc2ccn(Cc3cccc(Cl)c3)n2)c(C)c1Br. The van der Waals surface area contributed by atoms with E-state index < -0.39 is 0 Å². The monoisotopic (exact) mass is 421 g/mol. The molecule has 2 aromatic heterocycles. The first kappa shape index (κ1) is 17.7. The molecule has 1 N–H and O–H groups in total. The number of hydrogen-bond acceptors (Lipinski definition) is 3. The molecule has 2 heterocycles. The van der Waals surface area contributed by atoms with Gasteiger partial charge in [-0.3, -0.25) is 14.2 Å². The molecule has 3 aromatic rings. The Morgan fingerprint density at radius 1 is 1.28 bits per heavy atom. The smallest absolute Gasteiger partial charge is 0.247 e. The summed E-state index contributed by atoms with van der Waals surface area (Å²) in [5.41, 5.74) is 2.82. The zero-order chi connectivity index (χ0) is 18.0. The Morgan fingerprint density at radius 2 is 2.08 bits per heavy atom. The Labute approximate surface area is 158 Å². The van der Waals surface area contributed by atoms with Crippen LogP contribution in [0.2, 0.25) is 5.02 Å². The van der Waals surface area contributed by atoms with Crippen LogP contribution in [0.3, 0.4) is 0 Å². The number of aryl methyl sites for hydroxylation is 1. The average Bonchev–Trinajstić information content (AvgIpc) is 3.08. The molecule has 0 atom stereocenters. The Morgan fingerprint density at radius 3 is 2.76 bits per heavy atom. The first-order chi connectivity index (χ1) is 11.9. The molecule has 0 aliphatic carbocycles. The second-order valence-corrected chi connectivity index (χ2v) is 6.95. The number of carbonyl (C=O) groups excluding carboxylic acids is 1. The van der Waals surface area contributed by atoms with E-state index in [-0.39, 0.29) is 12.5 Å². The van der Waals surface area contributed by atoms with Gasteiger partial charge in [-0.2, -0.15) is 10.2 Å². The van der Waals surface area contributed by atoms with Gasteiger partial charge in [-0.1, -0.05) is 23.7 Å². The third-order valence-corrected chi connectivity index (χ3v) is 5.11. The molecule has 25 heavy (non-hydrogen) atoms. The van der Waals surface area contributed by atoms with Gasteiger partial charge in [0.25, 0.3) is 0 Å². The molecule has 0 saturated carbocycles. The number of carbonyl (C=O) groups is 1. The van der Waals surface area contributed by atoms with E-state index in [2.05, 4.69) is 31.4 Å². The van der Waals surface area contributed by atoms with Gasteiger partial charge in [0, 0.05) is 17.3 Å². The molecule has 1 amide bonds. The number of halogens is 2. The summed E-state index contributed by atoms with van der Waals surface area (Å²) in [7, 11) is 0. The lowest BCUT2D eigenvalue weighted by Gasteiger charge is -2.05. The molecule has 0 aliphatic rings. The van der Waals surface area contributed by atoms with Crippen molar-refractivity contribution >= 4 is 39.3 Å². The van der Waals surface area contributed by atoms with E-state index in [0.29, 0.717) is 17.4 Å². The molecule has 8 heteroatoms. The summed E-state index contributed by atoms with van der Waals surface area (Å²) in [4.78, 5) is 12.2. The number of aromatic nitrogens is 4. The van der Waals surface area contributed by atoms with Gasteiger partial charge >= 0.3 is 0 Å². The highest BCUT2D eigenvalue weighted by Crippen LogP contribution is 2.19. The summed E-state index contributed by atoms with van der Waals surface area (Å²) in [6.07, 6.45) is 1.82. The topological polar surface area (TPSA) is 64.7 Å². The molecule has 0 radical (unpaired) electrons. The molecule has 0 spiro atoms. The van der Waals surface area contributed by atoms with E-state index in [1.807, 2.05) is 44.3 Å². The molecule has 0 bridgehead atoms. The summed E-state index contributed by atoms with van der Waals surface area (Å²) in [5, 5.41) is 12.2. The summed E-state index contributed by atoms with van der Waals surface area (Å²) in [6.45, 7) is 4.53. The van der Waals surface area contributed by atoms with Crippen molar-refractivity contribution in [1.82, 2.24) is 19.6 Å². The largest absolute Gasteiger partial charge is 0.308 e. The highest BCUT2D eigenvalue weighted by Gasteiger charge is 2.12. The Bertz CT molecular complexity index is 918. The minimum absolute atomic E-state index is 0.138. The van der Waals surface area contributed by atoms with Crippen LogP contribution in [-0.2, 0) is 17.9 Å². The van der Waals surface area contributed by atoms with E-state index >= 15 is 0 Å². The molecule has 0 aliphatic heterocycles. The van der Waals surface area contributed by atoms with E-state index in [1.54, 1.807) is 15.4 Å². The predicted octanol–water partition coefficient (Wildman–Crippen LogP) is 3.80. The van der Waals surface area contributed by atoms with Crippen molar-refractivity contribution in [1.29, 1.82) is 0 Å². The van der Waals surface area contributed by atoms with E-state index in [1.165, 1.54) is 0 Å². The Kier molecular flexibility index (Phi) is 5.24. The summed E-state index contributed by atoms with van der Waals surface area (Å²) >= 11 is 9.45. The molecule has 1 aromatic carbocycles. The van der Waals surface area contributed by atoms with Crippen LogP contribution in [0.25, 0.3) is 0 Å². The van der Waals surface area contributed by atoms with Gasteiger partial charge in [0.15, 0.2) is 5.82 Å². The highest BCUT2D eigenvalue weighted by atomic mass is 79.9. The van der Waals surface area contributed by atoms with Crippen LogP contribution in [0.4, 0.5) is 5.82 Å². The summed E-state index contributed by atoms with van der Waals surface area (Å²) in [5.74, 6) is 0.332. The quantitative estimate of drug-likeness (QED) is 0.680. The second kappa shape index (κ2) is 7.41. The van der Waals surface area contributed by atoms with Crippen molar-refractivity contribution in [3.05, 3.63) is 63.0 Å². The molecule has 130 valence electrons. The maximum Gasteiger partial charge on any atom is 0.247 e. The fourth-order valence-electron chi connectivity index (χ4n) is 2.49. The highest BCUT2D eigenvalue weighted by molar-refractivity contribution is 9.10. The van der Waals surface area contributed by atoms with Gasteiger partial charge in [-0.25, -0.2) is 0 Å². The van der Waals surface area contributed by atoms with Crippen LogP contribution >= 0.6 is 27.5 Å². The van der Waals surface area contributed by atoms with Crippen LogP contribution in [-0.4, -0.2) is 25.5 Å². The fourth-order valence-corrected chi connectivity index (χ4v) is 2.98. The van der Waals surface area contributed by atoms with Crippen molar-refractivity contribution in [2.45, 2.75) is 26.9 Å². The Balaban J connectivity index is 1.62. The standard InChI is InChI=1S/C17H17BrClN5O/c1-11-17(18)12(2)24(21-11)10-16(25)20-15-6-7-23(22-15)9-13-4-3-5-14(19)8-13/h3-8H,9-10H2,1-2H3,(H,20,22,25). The lowest BCUT2D eigenvalue weighted by molar-refractivity contribution is -0.117. The van der Waals surface area contributed by atoms with Crippen LogP contribution in [0, 0.1) is 13.8 Å². The summed E-state index contributed by atoms with van der Waals surface area (Å²) < 4.78 is 4.34. The zero-order valence-electron chi connectivity index (χ0n) is 13.8. The third kappa shape index (κ3) is 4.29. The number of nitrogens with zero attached hydrogens (tertiary/aromatic N) is 4. The first-order valence-corrected chi connectivity index (χ1v) is 8.87. The normalized spacial score (nSPS) is 10.9. The molecular formula is C17H17BrClN5O. The molecule has 0 unspecified atom stereocenters. The molecule has 0 fully saturated rings.